The lowest BCUT2D eigenvalue weighted by molar-refractivity contribution is 0.0534. The van der Waals surface area contributed by atoms with Crippen molar-refractivity contribution in [2.75, 3.05) is 13.1 Å². The number of amides is 1. The highest BCUT2D eigenvalue weighted by atomic mass is 79.9. The molecular formula is C18H22BrN3O. The first-order valence-corrected chi connectivity index (χ1v) is 8.69. The van der Waals surface area contributed by atoms with E-state index in [9.17, 15) is 4.79 Å². The monoisotopic (exact) mass is 375 g/mol. The number of pyridine rings is 1. The van der Waals surface area contributed by atoms with E-state index in [1.807, 2.05) is 36.1 Å². The number of fused-ring (bicyclic) bond motifs is 1. The molecule has 1 aromatic carbocycles. The number of likely N-dealkylation sites (tertiary alicyclic amines) is 1. The maximum Gasteiger partial charge on any atom is 0.254 e. The zero-order valence-corrected chi connectivity index (χ0v) is 15.4. The number of aromatic nitrogens is 1. The van der Waals surface area contributed by atoms with Gasteiger partial charge >= 0.3 is 0 Å². The normalized spacial score (nSPS) is 20.7. The summed E-state index contributed by atoms with van der Waals surface area (Å²) < 4.78 is 0.950. The molecule has 3 rings (SSSR count). The molecule has 23 heavy (non-hydrogen) atoms. The molecular weight excluding hydrogens is 354 g/mol. The second-order valence-corrected chi connectivity index (χ2v) is 8.00. The van der Waals surface area contributed by atoms with Gasteiger partial charge in [-0.2, -0.15) is 0 Å². The third-order valence-electron chi connectivity index (χ3n) is 4.73. The van der Waals surface area contributed by atoms with Crippen LogP contribution in [0.4, 0.5) is 0 Å². The van der Waals surface area contributed by atoms with Crippen molar-refractivity contribution >= 4 is 32.7 Å². The van der Waals surface area contributed by atoms with Gasteiger partial charge in [0.2, 0.25) is 0 Å². The summed E-state index contributed by atoms with van der Waals surface area (Å²) in [5.41, 5.74) is 8.56. The van der Waals surface area contributed by atoms with Crippen LogP contribution in [0.3, 0.4) is 0 Å². The van der Waals surface area contributed by atoms with Crippen LogP contribution < -0.4 is 5.73 Å². The lowest BCUT2D eigenvalue weighted by Gasteiger charge is -2.42. The van der Waals surface area contributed by atoms with Crippen molar-refractivity contribution in [1.29, 1.82) is 0 Å². The largest absolute Gasteiger partial charge is 0.338 e. The lowest BCUT2D eigenvalue weighted by atomic mass is 9.79. The van der Waals surface area contributed by atoms with Gasteiger partial charge in [-0.05, 0) is 43.0 Å². The number of benzene rings is 1. The number of nitrogens with two attached hydrogens (primary N) is 1. The summed E-state index contributed by atoms with van der Waals surface area (Å²) in [5, 5.41) is 0.891. The molecule has 1 unspecified atom stereocenters. The van der Waals surface area contributed by atoms with Gasteiger partial charge in [0, 0.05) is 34.7 Å². The maximum absolute atomic E-state index is 13.1. The van der Waals surface area contributed by atoms with Crippen LogP contribution >= 0.6 is 15.9 Å². The molecule has 1 fully saturated rings. The Hall–Kier alpha value is -1.46. The van der Waals surface area contributed by atoms with Gasteiger partial charge in [-0.3, -0.25) is 9.78 Å². The quantitative estimate of drug-likeness (QED) is 0.829. The molecule has 0 spiro atoms. The number of carbonyl (C=O) groups is 1. The SMILES string of the molecule is Cc1cc(C(=O)N2CCC(N)C(C)(C)C2)c2cc(Br)ccc2n1. The van der Waals surface area contributed by atoms with Gasteiger partial charge < -0.3 is 10.6 Å². The number of carbonyl (C=O) groups excluding carboxylic acids is 1. The second-order valence-electron chi connectivity index (χ2n) is 7.08. The summed E-state index contributed by atoms with van der Waals surface area (Å²) in [6.07, 6.45) is 0.838. The summed E-state index contributed by atoms with van der Waals surface area (Å²) in [6, 6.07) is 7.89. The smallest absolute Gasteiger partial charge is 0.254 e. The molecule has 2 N–H and O–H groups in total. The summed E-state index contributed by atoms with van der Waals surface area (Å²) in [6.45, 7) is 7.58. The first kappa shape index (κ1) is 16.4. The summed E-state index contributed by atoms with van der Waals surface area (Å²) in [4.78, 5) is 19.6. The molecule has 1 atom stereocenters. The van der Waals surface area contributed by atoms with E-state index in [1.54, 1.807) is 0 Å². The highest BCUT2D eigenvalue weighted by Gasteiger charge is 2.36. The van der Waals surface area contributed by atoms with E-state index >= 15 is 0 Å². The Morgan fingerprint density at radius 1 is 1.39 bits per heavy atom. The summed E-state index contributed by atoms with van der Waals surface area (Å²) in [7, 11) is 0. The van der Waals surface area contributed by atoms with Crippen molar-refractivity contribution in [3.05, 3.63) is 40.0 Å². The van der Waals surface area contributed by atoms with Gasteiger partial charge in [-0.15, -0.1) is 0 Å². The van der Waals surface area contributed by atoms with E-state index in [0.29, 0.717) is 13.1 Å². The van der Waals surface area contributed by atoms with Gasteiger partial charge in [0.15, 0.2) is 0 Å². The van der Waals surface area contributed by atoms with Gasteiger partial charge in [0.05, 0.1) is 11.1 Å². The standard InChI is InChI=1S/C18H22BrN3O/c1-11-8-14(13-9-12(19)4-5-15(13)21-11)17(23)22-7-6-16(20)18(2,3)10-22/h4-5,8-9,16H,6-7,10,20H2,1-3H3. The van der Waals surface area contributed by atoms with Crippen LogP contribution in [0.1, 0.15) is 36.3 Å². The van der Waals surface area contributed by atoms with Crippen LogP contribution in [0.15, 0.2) is 28.7 Å². The third kappa shape index (κ3) is 3.12. The van der Waals surface area contributed by atoms with Gasteiger partial charge in [-0.1, -0.05) is 29.8 Å². The number of hydrogen-bond acceptors (Lipinski definition) is 3. The predicted molar refractivity (Wildman–Crippen MR) is 96.5 cm³/mol. The number of rotatable bonds is 1. The van der Waals surface area contributed by atoms with Gasteiger partial charge in [-0.25, -0.2) is 0 Å². The minimum Gasteiger partial charge on any atom is -0.338 e. The Bertz CT molecular complexity index is 772. The Labute approximate surface area is 145 Å². The molecule has 0 saturated carbocycles. The number of halogens is 1. The van der Waals surface area contributed by atoms with Crippen LogP contribution in [-0.2, 0) is 0 Å². The minimum absolute atomic E-state index is 0.0631. The average Bonchev–Trinajstić information content (AvgIpc) is 2.49. The molecule has 1 aliphatic rings. The Balaban J connectivity index is 2.03. The molecule has 1 aromatic heterocycles. The van der Waals surface area contributed by atoms with Gasteiger partial charge in [0.1, 0.15) is 0 Å². The first-order valence-electron chi connectivity index (χ1n) is 7.90. The molecule has 1 saturated heterocycles. The second kappa shape index (κ2) is 5.87. The number of aryl methyl sites for hydroxylation is 1. The molecule has 0 aliphatic carbocycles. The fraction of sp³-hybridized carbons (Fsp3) is 0.444. The predicted octanol–water partition coefficient (Wildman–Crippen LogP) is 3.51. The minimum atomic E-state index is -0.0631. The zero-order valence-electron chi connectivity index (χ0n) is 13.8. The molecule has 1 amide bonds. The highest BCUT2D eigenvalue weighted by molar-refractivity contribution is 9.10. The third-order valence-corrected chi connectivity index (χ3v) is 5.22. The zero-order chi connectivity index (χ0) is 16.8. The van der Waals surface area contributed by atoms with E-state index in [4.69, 9.17) is 5.73 Å². The summed E-state index contributed by atoms with van der Waals surface area (Å²) >= 11 is 3.49. The van der Waals surface area contributed by atoms with E-state index < -0.39 is 0 Å². The molecule has 2 aromatic rings. The van der Waals surface area contributed by atoms with Crippen LogP contribution in [0.2, 0.25) is 0 Å². The van der Waals surface area contributed by atoms with Crippen LogP contribution in [0, 0.1) is 12.3 Å². The van der Waals surface area contributed by atoms with Crippen molar-refractivity contribution in [2.45, 2.75) is 33.2 Å². The molecule has 2 heterocycles. The molecule has 5 heteroatoms. The highest BCUT2D eigenvalue weighted by Crippen LogP contribution is 2.30. The fourth-order valence-corrected chi connectivity index (χ4v) is 3.59. The molecule has 0 bridgehead atoms. The topological polar surface area (TPSA) is 59.2 Å². The van der Waals surface area contributed by atoms with Crippen LogP contribution in [0.5, 0.6) is 0 Å². The Morgan fingerprint density at radius 3 is 2.83 bits per heavy atom. The van der Waals surface area contributed by atoms with Crippen molar-refractivity contribution < 1.29 is 4.79 Å². The molecule has 122 valence electrons. The average molecular weight is 376 g/mol. The molecule has 1 aliphatic heterocycles. The molecule has 0 radical (unpaired) electrons. The van der Waals surface area contributed by atoms with Crippen molar-refractivity contribution in [3.8, 4) is 0 Å². The van der Waals surface area contributed by atoms with Crippen molar-refractivity contribution in [3.63, 3.8) is 0 Å². The summed E-state index contributed by atoms with van der Waals surface area (Å²) in [5.74, 6) is 0.0681. The van der Waals surface area contributed by atoms with E-state index in [-0.39, 0.29) is 17.4 Å². The number of piperidine rings is 1. The Kier molecular flexibility index (Phi) is 4.19. The van der Waals surface area contributed by atoms with Crippen LogP contribution in [0.25, 0.3) is 10.9 Å². The Morgan fingerprint density at radius 2 is 2.13 bits per heavy atom. The van der Waals surface area contributed by atoms with E-state index in [1.165, 1.54) is 0 Å². The van der Waals surface area contributed by atoms with E-state index in [0.717, 1.165) is 33.1 Å². The lowest BCUT2D eigenvalue weighted by Crippen LogP contribution is -2.54. The van der Waals surface area contributed by atoms with Crippen LogP contribution in [-0.4, -0.2) is 34.9 Å². The van der Waals surface area contributed by atoms with Crippen molar-refractivity contribution in [2.24, 2.45) is 11.1 Å². The van der Waals surface area contributed by atoms with Crippen molar-refractivity contribution in [1.82, 2.24) is 9.88 Å². The van der Waals surface area contributed by atoms with E-state index in [2.05, 4.69) is 34.8 Å². The fourth-order valence-electron chi connectivity index (χ4n) is 3.22. The van der Waals surface area contributed by atoms with Gasteiger partial charge in [0.25, 0.3) is 5.91 Å². The molecule has 4 nitrogen and oxygen atoms in total. The number of hydrogen-bond donors (Lipinski definition) is 1. The number of nitrogens with zero attached hydrogens (tertiary/aromatic N) is 2. The maximum atomic E-state index is 13.1. The first-order chi connectivity index (χ1) is 10.8.